The highest BCUT2D eigenvalue weighted by molar-refractivity contribution is 5.86. The van der Waals surface area contributed by atoms with E-state index in [0.29, 0.717) is 0 Å². The fourth-order valence-corrected chi connectivity index (χ4v) is 1.09. The van der Waals surface area contributed by atoms with Gasteiger partial charge in [0.25, 0.3) is 0 Å². The van der Waals surface area contributed by atoms with E-state index in [-0.39, 0.29) is 18.8 Å². The van der Waals surface area contributed by atoms with Crippen molar-refractivity contribution in [1.29, 1.82) is 0 Å². The van der Waals surface area contributed by atoms with E-state index in [4.69, 9.17) is 5.11 Å². The number of rotatable bonds is 6. The highest BCUT2D eigenvalue weighted by Gasteiger charge is 2.24. The van der Waals surface area contributed by atoms with Gasteiger partial charge in [0, 0.05) is 6.42 Å². The topological polar surface area (TPSA) is 92.7 Å². The van der Waals surface area contributed by atoms with Gasteiger partial charge >= 0.3 is 11.9 Å². The molecule has 92 valence electrons. The Morgan fingerprint density at radius 1 is 1.25 bits per heavy atom. The number of hydrogen-bond donors (Lipinski definition) is 2. The van der Waals surface area contributed by atoms with E-state index >= 15 is 0 Å². The zero-order chi connectivity index (χ0) is 12.7. The van der Waals surface area contributed by atoms with E-state index in [1.807, 2.05) is 0 Å². The van der Waals surface area contributed by atoms with Gasteiger partial charge in [-0.25, -0.2) is 4.79 Å². The molecule has 0 rings (SSSR count). The lowest BCUT2D eigenvalue weighted by Crippen LogP contribution is -2.45. The summed E-state index contributed by atoms with van der Waals surface area (Å²) in [7, 11) is 1.24. The van der Waals surface area contributed by atoms with Crippen LogP contribution in [0.2, 0.25) is 0 Å². The summed E-state index contributed by atoms with van der Waals surface area (Å²) in [6.45, 7) is 3.53. The molecule has 0 aromatic heterocycles. The lowest BCUT2D eigenvalue weighted by atomic mass is 10.0. The minimum absolute atomic E-state index is 0.110. The van der Waals surface area contributed by atoms with Gasteiger partial charge in [0.1, 0.15) is 6.04 Å². The number of esters is 1. The number of carbonyl (C=O) groups is 3. The zero-order valence-corrected chi connectivity index (χ0v) is 9.65. The van der Waals surface area contributed by atoms with Crippen LogP contribution >= 0.6 is 0 Å². The van der Waals surface area contributed by atoms with E-state index in [0.717, 1.165) is 0 Å². The van der Waals surface area contributed by atoms with Gasteiger partial charge in [-0.1, -0.05) is 13.8 Å². The summed E-state index contributed by atoms with van der Waals surface area (Å²) in [6, 6.07) is -0.730. The number of carboxylic acid groups (broad SMARTS) is 1. The average Bonchev–Trinajstić information content (AvgIpc) is 2.21. The molecule has 0 aliphatic carbocycles. The van der Waals surface area contributed by atoms with Crippen molar-refractivity contribution in [3.63, 3.8) is 0 Å². The largest absolute Gasteiger partial charge is 0.481 e. The first kappa shape index (κ1) is 14.4. The number of amides is 1. The Kier molecular flexibility index (Phi) is 6.14. The first-order chi connectivity index (χ1) is 7.38. The van der Waals surface area contributed by atoms with E-state index in [1.54, 1.807) is 13.8 Å². The average molecular weight is 231 g/mol. The molecule has 0 aromatic carbocycles. The van der Waals surface area contributed by atoms with Gasteiger partial charge in [-0.05, 0) is 5.92 Å². The van der Waals surface area contributed by atoms with E-state index in [9.17, 15) is 14.4 Å². The normalized spacial score (nSPS) is 12.0. The van der Waals surface area contributed by atoms with Gasteiger partial charge in [-0.3, -0.25) is 9.59 Å². The molecule has 16 heavy (non-hydrogen) atoms. The highest BCUT2D eigenvalue weighted by Crippen LogP contribution is 2.04. The van der Waals surface area contributed by atoms with Gasteiger partial charge in [-0.2, -0.15) is 0 Å². The third-order valence-electron chi connectivity index (χ3n) is 2.00. The lowest BCUT2D eigenvalue weighted by molar-refractivity contribution is -0.146. The van der Waals surface area contributed by atoms with Crippen LogP contribution < -0.4 is 5.32 Å². The maximum atomic E-state index is 11.3. The Morgan fingerprint density at radius 2 is 1.81 bits per heavy atom. The SMILES string of the molecule is COC(=O)[C@@H](NC(=O)CCC(=O)O)C(C)C. The van der Waals surface area contributed by atoms with Crippen molar-refractivity contribution < 1.29 is 24.2 Å². The fourth-order valence-electron chi connectivity index (χ4n) is 1.09. The predicted molar refractivity (Wildman–Crippen MR) is 55.7 cm³/mol. The first-order valence-electron chi connectivity index (χ1n) is 4.97. The van der Waals surface area contributed by atoms with Crippen LogP contribution in [0.15, 0.2) is 0 Å². The fraction of sp³-hybridized carbons (Fsp3) is 0.700. The second-order valence-corrected chi connectivity index (χ2v) is 3.71. The minimum Gasteiger partial charge on any atom is -0.481 e. The van der Waals surface area contributed by atoms with Crippen molar-refractivity contribution >= 4 is 17.8 Å². The summed E-state index contributed by atoms with van der Waals surface area (Å²) in [6.07, 6.45) is -0.395. The molecule has 0 bridgehead atoms. The van der Waals surface area contributed by atoms with Gasteiger partial charge < -0.3 is 15.2 Å². The summed E-state index contributed by atoms with van der Waals surface area (Å²) in [4.78, 5) is 32.8. The number of nitrogens with one attached hydrogen (secondary N) is 1. The number of methoxy groups -OCH3 is 1. The first-order valence-corrected chi connectivity index (χ1v) is 4.97. The monoisotopic (exact) mass is 231 g/mol. The molecule has 6 heteroatoms. The number of ether oxygens (including phenoxy) is 1. The molecule has 6 nitrogen and oxygen atoms in total. The van der Waals surface area contributed by atoms with Crippen molar-refractivity contribution in [2.75, 3.05) is 7.11 Å². The standard InChI is InChI=1S/C10H17NO5/c1-6(2)9(10(15)16-3)11-7(12)4-5-8(13)14/h6,9H,4-5H2,1-3H3,(H,11,12)(H,13,14)/t9-/m0/s1. The van der Waals surface area contributed by atoms with Crippen molar-refractivity contribution in [1.82, 2.24) is 5.32 Å². The molecule has 0 aromatic rings. The third kappa shape index (κ3) is 5.33. The van der Waals surface area contributed by atoms with Crippen LogP contribution in [0.4, 0.5) is 0 Å². The van der Waals surface area contributed by atoms with E-state index in [1.165, 1.54) is 7.11 Å². The Labute approximate surface area is 94.0 Å². The van der Waals surface area contributed by atoms with Crippen LogP contribution in [0.3, 0.4) is 0 Å². The molecule has 1 atom stereocenters. The quantitative estimate of drug-likeness (QED) is 0.635. The molecular weight excluding hydrogens is 214 g/mol. The van der Waals surface area contributed by atoms with Crippen LogP contribution in [0.25, 0.3) is 0 Å². The Hall–Kier alpha value is -1.59. The third-order valence-corrected chi connectivity index (χ3v) is 2.00. The van der Waals surface area contributed by atoms with Crippen LogP contribution in [-0.4, -0.2) is 36.1 Å². The molecule has 0 spiro atoms. The Bertz CT molecular complexity index is 274. The summed E-state index contributed by atoms with van der Waals surface area (Å²) in [5.41, 5.74) is 0. The summed E-state index contributed by atoms with van der Waals surface area (Å²) in [5.74, 6) is -2.15. The van der Waals surface area contributed by atoms with Crippen molar-refractivity contribution in [3.05, 3.63) is 0 Å². The maximum Gasteiger partial charge on any atom is 0.328 e. The maximum absolute atomic E-state index is 11.3. The number of hydrogen-bond acceptors (Lipinski definition) is 4. The molecule has 1 amide bonds. The molecule has 0 heterocycles. The minimum atomic E-state index is -1.05. The predicted octanol–water partition coefficient (Wildman–Crippen LogP) is 0.165. The molecule has 0 saturated carbocycles. The van der Waals surface area contributed by atoms with Crippen molar-refractivity contribution in [2.24, 2.45) is 5.92 Å². The summed E-state index contributed by atoms with van der Waals surface area (Å²) >= 11 is 0. The van der Waals surface area contributed by atoms with Crippen LogP contribution in [0, 0.1) is 5.92 Å². The number of aliphatic carboxylic acids is 1. The molecule has 0 unspecified atom stereocenters. The molecule has 0 aliphatic heterocycles. The van der Waals surface area contributed by atoms with E-state index in [2.05, 4.69) is 10.1 Å². The van der Waals surface area contributed by atoms with Crippen LogP contribution in [0.1, 0.15) is 26.7 Å². The number of carboxylic acids is 1. The second-order valence-electron chi connectivity index (χ2n) is 3.71. The lowest BCUT2D eigenvalue weighted by Gasteiger charge is -2.19. The Morgan fingerprint density at radius 3 is 2.19 bits per heavy atom. The van der Waals surface area contributed by atoms with E-state index < -0.39 is 23.9 Å². The van der Waals surface area contributed by atoms with Crippen LogP contribution in [0.5, 0.6) is 0 Å². The molecule has 2 N–H and O–H groups in total. The van der Waals surface area contributed by atoms with Crippen molar-refractivity contribution in [3.8, 4) is 0 Å². The number of carbonyl (C=O) groups excluding carboxylic acids is 2. The molecular formula is C10H17NO5. The molecule has 0 aliphatic rings. The molecule has 0 saturated heterocycles. The highest BCUT2D eigenvalue weighted by atomic mass is 16.5. The van der Waals surface area contributed by atoms with Crippen LogP contribution in [-0.2, 0) is 19.1 Å². The Balaban J connectivity index is 4.24. The van der Waals surface area contributed by atoms with Crippen molar-refractivity contribution in [2.45, 2.75) is 32.7 Å². The van der Waals surface area contributed by atoms with Gasteiger partial charge in [-0.15, -0.1) is 0 Å². The smallest absolute Gasteiger partial charge is 0.328 e. The molecule has 0 radical (unpaired) electrons. The molecule has 0 fully saturated rings. The zero-order valence-electron chi connectivity index (χ0n) is 9.65. The van der Waals surface area contributed by atoms with Gasteiger partial charge in [0.05, 0.1) is 13.5 Å². The van der Waals surface area contributed by atoms with Gasteiger partial charge in [0.15, 0.2) is 0 Å². The van der Waals surface area contributed by atoms with Gasteiger partial charge in [0.2, 0.25) is 5.91 Å². The summed E-state index contributed by atoms with van der Waals surface area (Å²) < 4.78 is 4.53. The second kappa shape index (κ2) is 6.81. The summed E-state index contributed by atoms with van der Waals surface area (Å²) in [5, 5.41) is 10.8.